The smallest absolute Gasteiger partial charge is 0.269 e. The Morgan fingerprint density at radius 3 is 1.44 bits per heavy atom. The maximum Gasteiger partial charge on any atom is 0.269 e. The molecule has 2 amide bonds. The number of nitrogens with zero attached hydrogens (tertiary/aromatic N) is 10. The molecule has 0 unspecified atom stereocenters. The number of likely N-dealkylation sites (tertiary alicyclic amines) is 2. The molecule has 0 saturated carbocycles. The zero-order chi connectivity index (χ0) is 62.8. The van der Waals surface area contributed by atoms with Crippen LogP contribution in [-0.2, 0) is 29.6 Å². The van der Waals surface area contributed by atoms with Crippen molar-refractivity contribution in [2.24, 2.45) is 0 Å². The largest absolute Gasteiger partial charge is 0.374 e. The van der Waals surface area contributed by atoms with E-state index in [1.165, 1.54) is 41.3 Å². The number of amides is 2. The topological polar surface area (TPSA) is 284 Å². The van der Waals surface area contributed by atoms with Crippen LogP contribution in [-0.4, -0.2) is 152 Å². The number of aryl methyl sites for hydroxylation is 2. The van der Waals surface area contributed by atoms with Gasteiger partial charge in [-0.1, -0.05) is 59.7 Å². The Hall–Kier alpha value is -9.31. The van der Waals surface area contributed by atoms with Crippen LogP contribution in [0.25, 0.3) is 33.1 Å². The highest BCUT2D eigenvalue weighted by Gasteiger charge is 2.28. The Bertz CT molecular complexity index is 4380. The van der Waals surface area contributed by atoms with Crippen LogP contribution in [0.3, 0.4) is 0 Å². The molecule has 7 N–H and O–H groups in total. The zero-order valence-corrected chi connectivity index (χ0v) is 52.4. The fraction of sp³-hybridized carbons (Fsp3) is 0.302. The minimum absolute atomic E-state index is 0. The molecular formula is C63H70ClF2N17O6S2. The van der Waals surface area contributed by atoms with E-state index in [0.717, 1.165) is 83.6 Å². The number of carbonyl (C=O) groups is 2. The SMILES string of the molecule is Cc1ccc(S(=O)(=O)n2ccc3c(N[C@H]4CCCN(C(=O)CNc5ccccc5F)C4)ncnc32)cc1.Cc1ccc(S(=O)(=O)n2ccc3c(N[C@H]4CCCNC4)ncnc32)cc1.Cl.O=C(CNc1ccccc1F)N1CCC[C@H](Nc2ncnc3[nH]ccc23)C1. The second kappa shape index (κ2) is 29.1. The standard InChI is InChI=1S/C26H27FN6O3S.C19H21FN6O.C18H21N5O2S.ClH/c1-18-8-10-20(11-9-18)37(35,36)33-14-12-21-25(29-17-30-26(21)33)31-19-5-4-13-32(16-19)24(34)15-28-23-7-3-2-6-22(23)27;20-15-5-1-2-6-16(15)22-10-17(27)26-9-3-4-13(11-26)25-19-14-7-8-21-18(14)23-12-24-19;1-13-4-6-15(7-5-13)26(24,25)23-10-8-16-17(20-12-21-18(16)23)22-14-3-2-9-19-11-14;/h2-3,6-12,14,17,19,28H,4-5,13,15-16H2,1H3,(H,29,30,31);1-2,5-8,12-13,22H,3-4,9-11H2,(H2,21,23,24,25);4-8,10,12,14,19H,2-3,9,11H2,1H3,(H,20,21,22);1H/t19-;13-;14-;/m000./s1. The number of benzene rings is 4. The van der Waals surface area contributed by atoms with Gasteiger partial charge in [0.25, 0.3) is 20.0 Å². The number of fused-ring (bicyclic) bond motifs is 3. The van der Waals surface area contributed by atoms with Crippen LogP contribution in [0.5, 0.6) is 0 Å². The molecule has 3 fully saturated rings. The fourth-order valence-electron chi connectivity index (χ4n) is 11.1. The lowest BCUT2D eigenvalue weighted by atomic mass is 10.1. The highest BCUT2D eigenvalue weighted by Crippen LogP contribution is 2.29. The Morgan fingerprint density at radius 1 is 0.538 bits per heavy atom. The summed E-state index contributed by atoms with van der Waals surface area (Å²) in [6.45, 7) is 8.14. The normalized spacial score (nSPS) is 16.8. The van der Waals surface area contributed by atoms with Gasteiger partial charge in [-0.25, -0.2) is 63.5 Å². The van der Waals surface area contributed by atoms with Gasteiger partial charge in [0.2, 0.25) is 11.8 Å². The lowest BCUT2D eigenvalue weighted by Crippen LogP contribution is -2.47. The van der Waals surface area contributed by atoms with E-state index in [-0.39, 0.29) is 82.4 Å². The summed E-state index contributed by atoms with van der Waals surface area (Å²) in [6.07, 6.45) is 14.7. The van der Waals surface area contributed by atoms with E-state index in [2.05, 4.69) is 66.8 Å². The molecule has 4 aromatic carbocycles. The molecule has 23 nitrogen and oxygen atoms in total. The predicted molar refractivity (Wildman–Crippen MR) is 349 cm³/mol. The van der Waals surface area contributed by atoms with Crippen molar-refractivity contribution >= 4 is 106 Å². The number of anilines is 5. The van der Waals surface area contributed by atoms with Crippen LogP contribution >= 0.6 is 12.4 Å². The number of para-hydroxylation sites is 2. The van der Waals surface area contributed by atoms with E-state index >= 15 is 0 Å². The molecule has 3 aliphatic rings. The molecule has 3 aliphatic heterocycles. The Kier molecular flexibility index (Phi) is 20.7. The Balaban J connectivity index is 0.000000152. The number of nitrogens with one attached hydrogen (secondary N) is 7. The van der Waals surface area contributed by atoms with Crippen molar-refractivity contribution in [1.29, 1.82) is 0 Å². The van der Waals surface area contributed by atoms with Crippen LogP contribution in [0, 0.1) is 25.5 Å². The highest BCUT2D eigenvalue weighted by molar-refractivity contribution is 7.90. The fourth-order valence-corrected chi connectivity index (χ4v) is 13.7. The molecule has 3 atom stereocenters. The minimum Gasteiger partial charge on any atom is -0.374 e. The minimum atomic E-state index is -3.83. The number of halogens is 3. The summed E-state index contributed by atoms with van der Waals surface area (Å²) < 4.78 is 82.4. The third kappa shape index (κ3) is 15.3. The van der Waals surface area contributed by atoms with Crippen molar-refractivity contribution in [3.05, 3.63) is 176 Å². The van der Waals surface area contributed by atoms with Crippen LogP contribution in [0.2, 0.25) is 0 Å². The van der Waals surface area contributed by atoms with E-state index in [9.17, 15) is 35.2 Å². The summed E-state index contributed by atoms with van der Waals surface area (Å²) in [7, 11) is -7.53. The summed E-state index contributed by atoms with van der Waals surface area (Å²) in [5.41, 5.74) is 4.04. The maximum atomic E-state index is 13.9. The average molecular weight is 1300 g/mol. The van der Waals surface area contributed by atoms with Crippen molar-refractivity contribution < 1.29 is 35.2 Å². The molecule has 0 bridgehead atoms. The van der Waals surface area contributed by atoms with E-state index in [4.69, 9.17) is 0 Å². The third-order valence-corrected chi connectivity index (χ3v) is 19.2. The summed E-state index contributed by atoms with van der Waals surface area (Å²) in [5.74, 6) is 1.01. The van der Waals surface area contributed by atoms with Gasteiger partial charge < -0.3 is 46.7 Å². The van der Waals surface area contributed by atoms with E-state index in [1.54, 1.807) is 108 Å². The lowest BCUT2D eigenvalue weighted by molar-refractivity contribution is -0.131. The number of rotatable bonds is 16. The van der Waals surface area contributed by atoms with Crippen LogP contribution in [0.4, 0.5) is 37.6 Å². The average Bonchev–Trinajstić information content (AvgIpc) is 1.78. The van der Waals surface area contributed by atoms with E-state index in [0.29, 0.717) is 59.9 Å². The van der Waals surface area contributed by atoms with Gasteiger partial charge in [-0.2, -0.15) is 0 Å². The van der Waals surface area contributed by atoms with E-state index < -0.39 is 25.9 Å². The molecule has 0 spiro atoms. The van der Waals surface area contributed by atoms with Crippen molar-refractivity contribution in [2.75, 3.05) is 78.9 Å². The quantitative estimate of drug-likeness (QED) is 0.0476. The molecule has 6 aromatic heterocycles. The second-order valence-corrected chi connectivity index (χ2v) is 25.9. The molecule has 91 heavy (non-hydrogen) atoms. The molecule has 13 rings (SSSR count). The monoisotopic (exact) mass is 1300 g/mol. The van der Waals surface area contributed by atoms with Gasteiger partial charge in [-0.3, -0.25) is 9.59 Å². The first kappa shape index (κ1) is 64.7. The van der Waals surface area contributed by atoms with Gasteiger partial charge in [0.15, 0.2) is 11.3 Å². The zero-order valence-electron chi connectivity index (χ0n) is 50.0. The van der Waals surface area contributed by atoms with Crippen LogP contribution < -0.4 is 31.9 Å². The highest BCUT2D eigenvalue weighted by atomic mass is 35.5. The predicted octanol–water partition coefficient (Wildman–Crippen LogP) is 8.81. The van der Waals surface area contributed by atoms with Crippen molar-refractivity contribution in [3.63, 3.8) is 0 Å². The third-order valence-electron chi connectivity index (χ3n) is 15.9. The first-order valence-electron chi connectivity index (χ1n) is 29.7. The summed E-state index contributed by atoms with van der Waals surface area (Å²) in [5, 5.41) is 21.5. The molecule has 28 heteroatoms. The van der Waals surface area contributed by atoms with Crippen molar-refractivity contribution in [2.45, 2.75) is 80.3 Å². The van der Waals surface area contributed by atoms with Gasteiger partial charge in [-0.15, -0.1) is 12.4 Å². The van der Waals surface area contributed by atoms with Gasteiger partial charge in [0.05, 0.1) is 50.4 Å². The number of aromatic amines is 1. The first-order chi connectivity index (χ1) is 43.6. The molecule has 3 saturated heterocycles. The molecule has 476 valence electrons. The Labute approximate surface area is 531 Å². The molecule has 9 heterocycles. The molecule has 10 aromatic rings. The summed E-state index contributed by atoms with van der Waals surface area (Å²) in [6, 6.07) is 31.7. The van der Waals surface area contributed by atoms with Gasteiger partial charge >= 0.3 is 0 Å². The Morgan fingerprint density at radius 2 is 0.978 bits per heavy atom. The van der Waals surface area contributed by atoms with E-state index in [1.807, 2.05) is 31.0 Å². The second-order valence-electron chi connectivity index (χ2n) is 22.2. The summed E-state index contributed by atoms with van der Waals surface area (Å²) in [4.78, 5) is 58.0. The number of hydrogen-bond acceptors (Lipinski definition) is 18. The number of carbonyl (C=O) groups excluding carboxylic acids is 2. The number of piperidine rings is 3. The first-order valence-corrected chi connectivity index (χ1v) is 32.6. The van der Waals surface area contributed by atoms with Gasteiger partial charge in [0, 0.05) is 69.4 Å². The number of H-pyrrole nitrogens is 1. The summed E-state index contributed by atoms with van der Waals surface area (Å²) >= 11 is 0. The number of hydrogen-bond donors (Lipinski definition) is 7. The van der Waals surface area contributed by atoms with Crippen LogP contribution in [0.1, 0.15) is 49.7 Å². The molecule has 0 radical (unpaired) electrons. The lowest BCUT2D eigenvalue weighted by Gasteiger charge is -2.33. The van der Waals surface area contributed by atoms with Crippen molar-refractivity contribution in [3.8, 4) is 0 Å². The maximum absolute atomic E-state index is 13.9. The van der Waals surface area contributed by atoms with Crippen molar-refractivity contribution in [1.82, 2.24) is 57.9 Å². The van der Waals surface area contributed by atoms with Gasteiger partial charge in [-0.05, 0) is 126 Å². The molecular weight excluding hydrogens is 1230 g/mol. The molecule has 0 aliphatic carbocycles. The van der Waals surface area contributed by atoms with Gasteiger partial charge in [0.1, 0.15) is 53.7 Å². The number of aromatic nitrogens is 9. The van der Waals surface area contributed by atoms with Crippen LogP contribution in [0.15, 0.2) is 163 Å².